The summed E-state index contributed by atoms with van der Waals surface area (Å²) in [5.41, 5.74) is 0.578. The van der Waals surface area contributed by atoms with Crippen molar-refractivity contribution in [2.75, 3.05) is 0 Å². The Balaban J connectivity index is 3.04. The van der Waals surface area contributed by atoms with Crippen molar-refractivity contribution in [3.8, 4) is 0 Å². The van der Waals surface area contributed by atoms with E-state index >= 15 is 0 Å². The highest BCUT2D eigenvalue weighted by atomic mass is 32.2. The molecule has 0 spiro atoms. The maximum Gasteiger partial charge on any atom is 0.321 e. The van der Waals surface area contributed by atoms with Crippen molar-refractivity contribution in [2.24, 2.45) is 0 Å². The van der Waals surface area contributed by atoms with Crippen LogP contribution in [0.15, 0.2) is 29.2 Å². The number of carbonyl (C=O) groups is 1. The molecule has 1 rings (SSSR count). The molecule has 0 radical (unpaired) electrons. The normalized spacial score (nSPS) is 13.3. The van der Waals surface area contributed by atoms with Crippen LogP contribution in [0.3, 0.4) is 0 Å². The number of sulfone groups is 1. The Morgan fingerprint density at radius 1 is 1.35 bits per heavy atom. The van der Waals surface area contributed by atoms with E-state index in [-0.39, 0.29) is 11.5 Å². The first-order valence-electron chi connectivity index (χ1n) is 4.71. The minimum atomic E-state index is -3.87. The lowest BCUT2D eigenvalue weighted by Gasteiger charge is -2.08. The third-order valence-electron chi connectivity index (χ3n) is 2.30. The van der Waals surface area contributed by atoms with Gasteiger partial charge in [-0.2, -0.15) is 0 Å². The van der Waals surface area contributed by atoms with Gasteiger partial charge in [-0.1, -0.05) is 12.1 Å². The number of rotatable bonds is 5. The van der Waals surface area contributed by atoms with E-state index in [1.807, 2.05) is 0 Å². The van der Waals surface area contributed by atoms with Crippen LogP contribution in [0.4, 0.5) is 0 Å². The maximum atomic E-state index is 11.8. The summed E-state index contributed by atoms with van der Waals surface area (Å²) in [7, 11) is -3.87. The molecule has 17 heavy (non-hydrogen) atoms. The summed E-state index contributed by atoms with van der Waals surface area (Å²) in [6.07, 6.45) is 0. The molecule has 1 aromatic rings. The minimum absolute atomic E-state index is 0.0607. The highest BCUT2D eigenvalue weighted by Crippen LogP contribution is 2.17. The van der Waals surface area contributed by atoms with Gasteiger partial charge in [-0.3, -0.25) is 10.1 Å². The molecule has 0 heterocycles. The maximum absolute atomic E-state index is 11.8. The van der Waals surface area contributed by atoms with Crippen molar-refractivity contribution in [1.29, 1.82) is 0 Å². The first kappa shape index (κ1) is 13.6. The molecule has 0 aliphatic rings. The highest BCUT2D eigenvalue weighted by Gasteiger charge is 2.29. The van der Waals surface area contributed by atoms with Crippen LogP contribution < -0.4 is 0 Å². The lowest BCUT2D eigenvalue weighted by molar-refractivity contribution is -0.253. The van der Waals surface area contributed by atoms with E-state index in [4.69, 9.17) is 10.4 Å². The molecular formula is C10H12O6S. The van der Waals surface area contributed by atoms with Crippen molar-refractivity contribution < 1.29 is 28.5 Å². The monoisotopic (exact) mass is 260 g/mol. The summed E-state index contributed by atoms with van der Waals surface area (Å²) < 4.78 is 23.6. The average molecular weight is 260 g/mol. The average Bonchev–Trinajstić information content (AvgIpc) is 2.29. The Morgan fingerprint density at radius 3 is 2.29 bits per heavy atom. The van der Waals surface area contributed by atoms with Crippen LogP contribution in [0, 0.1) is 0 Å². The van der Waals surface area contributed by atoms with E-state index < -0.39 is 21.1 Å². The summed E-state index contributed by atoms with van der Waals surface area (Å²) in [6.45, 7) is 1.05. The van der Waals surface area contributed by atoms with Crippen LogP contribution in [0.2, 0.25) is 0 Å². The van der Waals surface area contributed by atoms with E-state index in [2.05, 4.69) is 4.89 Å². The number of hydrogen-bond acceptors (Lipinski definition) is 5. The zero-order chi connectivity index (χ0) is 13.1. The zero-order valence-corrected chi connectivity index (χ0v) is 9.85. The Hall–Kier alpha value is -1.44. The second-order valence-corrected chi connectivity index (χ2v) is 5.71. The van der Waals surface area contributed by atoms with Gasteiger partial charge in [0.05, 0.1) is 4.90 Å². The third-order valence-corrected chi connectivity index (χ3v) is 4.36. The van der Waals surface area contributed by atoms with Gasteiger partial charge in [0, 0.05) is 0 Å². The molecule has 94 valence electrons. The Labute approximate surface area is 98.3 Å². The van der Waals surface area contributed by atoms with Crippen LogP contribution in [0.25, 0.3) is 0 Å². The number of benzene rings is 1. The molecule has 0 bridgehead atoms. The van der Waals surface area contributed by atoms with Crippen LogP contribution in [0.1, 0.15) is 12.5 Å². The molecule has 1 unspecified atom stereocenters. The summed E-state index contributed by atoms with van der Waals surface area (Å²) in [5.74, 6) is -1.40. The smallest absolute Gasteiger partial charge is 0.321 e. The summed E-state index contributed by atoms with van der Waals surface area (Å²) in [6, 6.07) is 5.45. The SMILES string of the molecule is CC(C(=O)O)S(=O)(=O)c1ccc(COO)cc1. The van der Waals surface area contributed by atoms with Gasteiger partial charge >= 0.3 is 5.97 Å². The summed E-state index contributed by atoms with van der Waals surface area (Å²) in [4.78, 5) is 14.5. The van der Waals surface area contributed by atoms with Crippen molar-refractivity contribution in [2.45, 2.75) is 23.7 Å². The van der Waals surface area contributed by atoms with Crippen LogP contribution >= 0.6 is 0 Å². The van der Waals surface area contributed by atoms with Crippen molar-refractivity contribution in [1.82, 2.24) is 0 Å². The van der Waals surface area contributed by atoms with Crippen molar-refractivity contribution in [3.05, 3.63) is 29.8 Å². The summed E-state index contributed by atoms with van der Waals surface area (Å²) >= 11 is 0. The van der Waals surface area contributed by atoms with E-state index in [0.29, 0.717) is 5.56 Å². The van der Waals surface area contributed by atoms with Crippen LogP contribution in [-0.2, 0) is 26.1 Å². The Kier molecular flexibility index (Phi) is 4.22. The topological polar surface area (TPSA) is 101 Å². The first-order chi connectivity index (χ1) is 7.89. The second-order valence-electron chi connectivity index (χ2n) is 3.44. The molecule has 2 N–H and O–H groups in total. The largest absolute Gasteiger partial charge is 0.480 e. The number of carboxylic acid groups (broad SMARTS) is 1. The fraction of sp³-hybridized carbons (Fsp3) is 0.300. The number of hydrogen-bond donors (Lipinski definition) is 2. The van der Waals surface area contributed by atoms with E-state index in [0.717, 1.165) is 6.92 Å². The second kappa shape index (κ2) is 5.26. The van der Waals surface area contributed by atoms with E-state index in [1.54, 1.807) is 0 Å². The Morgan fingerprint density at radius 2 is 1.88 bits per heavy atom. The highest BCUT2D eigenvalue weighted by molar-refractivity contribution is 7.92. The zero-order valence-electron chi connectivity index (χ0n) is 9.03. The molecule has 0 saturated carbocycles. The van der Waals surface area contributed by atoms with E-state index in [1.165, 1.54) is 24.3 Å². The van der Waals surface area contributed by atoms with Gasteiger partial charge in [0.25, 0.3) is 0 Å². The Bertz CT molecular complexity index is 490. The minimum Gasteiger partial charge on any atom is -0.480 e. The predicted octanol–water partition coefficient (Wildman–Crippen LogP) is 0.923. The third kappa shape index (κ3) is 3.02. The molecule has 1 atom stereocenters. The van der Waals surface area contributed by atoms with E-state index in [9.17, 15) is 13.2 Å². The molecule has 0 saturated heterocycles. The van der Waals surface area contributed by atoms with Gasteiger partial charge in [-0.05, 0) is 24.6 Å². The lowest BCUT2D eigenvalue weighted by atomic mass is 10.2. The lowest BCUT2D eigenvalue weighted by Crippen LogP contribution is -2.26. The molecule has 0 fully saturated rings. The fourth-order valence-corrected chi connectivity index (χ4v) is 2.38. The number of aliphatic carboxylic acids is 1. The van der Waals surface area contributed by atoms with Gasteiger partial charge in [0.2, 0.25) is 0 Å². The molecular weight excluding hydrogens is 248 g/mol. The summed E-state index contributed by atoms with van der Waals surface area (Å²) in [5, 5.41) is 15.4. The number of carboxylic acids is 1. The molecule has 0 aliphatic carbocycles. The van der Waals surface area contributed by atoms with Crippen molar-refractivity contribution in [3.63, 3.8) is 0 Å². The van der Waals surface area contributed by atoms with Gasteiger partial charge in [0.15, 0.2) is 15.1 Å². The van der Waals surface area contributed by atoms with Crippen LogP contribution in [-0.4, -0.2) is 30.0 Å². The van der Waals surface area contributed by atoms with Crippen molar-refractivity contribution >= 4 is 15.8 Å². The molecule has 7 heteroatoms. The molecule has 0 aromatic heterocycles. The fourth-order valence-electron chi connectivity index (χ4n) is 1.19. The van der Waals surface area contributed by atoms with Gasteiger partial charge < -0.3 is 5.11 Å². The molecule has 0 aliphatic heterocycles. The van der Waals surface area contributed by atoms with Gasteiger partial charge in [-0.25, -0.2) is 13.3 Å². The van der Waals surface area contributed by atoms with Gasteiger partial charge in [0.1, 0.15) is 6.61 Å². The first-order valence-corrected chi connectivity index (χ1v) is 6.26. The molecule has 6 nitrogen and oxygen atoms in total. The van der Waals surface area contributed by atoms with Gasteiger partial charge in [-0.15, -0.1) is 0 Å². The molecule has 0 amide bonds. The predicted molar refractivity (Wildman–Crippen MR) is 58.1 cm³/mol. The van der Waals surface area contributed by atoms with Crippen LogP contribution in [0.5, 0.6) is 0 Å². The quantitative estimate of drug-likeness (QED) is 0.603. The standard InChI is InChI=1S/C10H12O6S/c1-7(10(11)12)17(14,15)9-4-2-8(3-5-9)6-16-13/h2-5,7,13H,6H2,1H3,(H,11,12). The molecule has 1 aromatic carbocycles.